The van der Waals surface area contributed by atoms with E-state index in [0.29, 0.717) is 18.3 Å². The zero-order valence-corrected chi connectivity index (χ0v) is 12.6. The minimum atomic E-state index is 0.189. The van der Waals surface area contributed by atoms with Crippen molar-refractivity contribution in [3.05, 3.63) is 24.3 Å². The molecule has 0 aliphatic heterocycles. The van der Waals surface area contributed by atoms with Gasteiger partial charge < -0.3 is 19.7 Å². The predicted molar refractivity (Wildman–Crippen MR) is 81.4 cm³/mol. The molecule has 21 heavy (non-hydrogen) atoms. The third-order valence-electron chi connectivity index (χ3n) is 2.63. The molecule has 2 aromatic rings. The summed E-state index contributed by atoms with van der Waals surface area (Å²) in [5.41, 5.74) is 1.03. The van der Waals surface area contributed by atoms with Crippen LogP contribution in [0, 0.1) is 0 Å². The molecule has 0 saturated carbocycles. The van der Waals surface area contributed by atoms with Crippen LogP contribution in [0.1, 0.15) is 6.92 Å². The van der Waals surface area contributed by atoms with Gasteiger partial charge in [0.15, 0.2) is 0 Å². The normalized spacial score (nSPS) is 10.1. The summed E-state index contributed by atoms with van der Waals surface area (Å²) in [5.74, 6) is 1.05. The van der Waals surface area contributed by atoms with E-state index in [-0.39, 0.29) is 12.0 Å². The smallest absolute Gasteiger partial charge is 0.330 e. The highest BCUT2D eigenvalue weighted by atomic mass is 16.5. The van der Waals surface area contributed by atoms with E-state index in [0.717, 1.165) is 5.69 Å². The van der Waals surface area contributed by atoms with Gasteiger partial charge in [-0.05, 0) is 19.1 Å². The molecule has 7 heteroatoms. The van der Waals surface area contributed by atoms with Crippen molar-refractivity contribution in [1.29, 1.82) is 0 Å². The Bertz CT molecular complexity index is 604. The largest absolute Gasteiger partial charge is 0.464 e. The van der Waals surface area contributed by atoms with Crippen LogP contribution in [0.2, 0.25) is 0 Å². The molecule has 0 spiro atoms. The molecule has 1 aromatic heterocycles. The molecule has 0 atom stereocenters. The highest BCUT2D eigenvalue weighted by molar-refractivity contribution is 5.49. The van der Waals surface area contributed by atoms with Crippen LogP contribution in [0.15, 0.2) is 24.3 Å². The van der Waals surface area contributed by atoms with Crippen molar-refractivity contribution in [3.63, 3.8) is 0 Å². The summed E-state index contributed by atoms with van der Waals surface area (Å²) in [5, 5.41) is 2.85. The first-order chi connectivity index (χ1) is 10.1. The molecule has 0 bridgehead atoms. The molecule has 7 nitrogen and oxygen atoms in total. The lowest BCUT2D eigenvalue weighted by Crippen LogP contribution is -2.08. The number of benzene rings is 1. The van der Waals surface area contributed by atoms with Gasteiger partial charge in [0.25, 0.3) is 0 Å². The average Bonchev–Trinajstić information content (AvgIpc) is 2.47. The van der Waals surface area contributed by atoms with E-state index in [4.69, 9.17) is 9.47 Å². The lowest BCUT2D eigenvalue weighted by molar-refractivity contribution is 0.304. The van der Waals surface area contributed by atoms with Crippen LogP contribution < -0.4 is 19.7 Å². The molecule has 1 N–H and O–H groups in total. The summed E-state index contributed by atoms with van der Waals surface area (Å²) in [7, 11) is 5.66. The van der Waals surface area contributed by atoms with Crippen molar-refractivity contribution in [2.75, 3.05) is 38.0 Å². The van der Waals surface area contributed by atoms with E-state index in [2.05, 4.69) is 20.3 Å². The van der Waals surface area contributed by atoms with Gasteiger partial charge in [0, 0.05) is 32.9 Å². The first-order valence-electron chi connectivity index (χ1n) is 6.64. The number of aromatic nitrogens is 3. The quantitative estimate of drug-likeness (QED) is 0.873. The molecular formula is C14H19N5O2. The van der Waals surface area contributed by atoms with Gasteiger partial charge in [0.05, 0.1) is 6.61 Å². The second-order valence-corrected chi connectivity index (χ2v) is 4.40. The zero-order valence-electron chi connectivity index (χ0n) is 12.6. The number of hydrogen-bond donors (Lipinski definition) is 1. The fourth-order valence-corrected chi connectivity index (χ4v) is 1.62. The van der Waals surface area contributed by atoms with Gasteiger partial charge in [-0.15, -0.1) is 4.98 Å². The maximum atomic E-state index is 5.69. The molecule has 2 rings (SSSR count). The van der Waals surface area contributed by atoms with Crippen molar-refractivity contribution >= 4 is 11.6 Å². The summed E-state index contributed by atoms with van der Waals surface area (Å²) < 4.78 is 11.0. The number of nitrogens with zero attached hydrogens (tertiary/aromatic N) is 4. The van der Waals surface area contributed by atoms with E-state index in [1.54, 1.807) is 7.05 Å². The van der Waals surface area contributed by atoms with Gasteiger partial charge in [-0.3, -0.25) is 0 Å². The fraction of sp³-hybridized carbons (Fsp3) is 0.357. The molecule has 0 fully saturated rings. The monoisotopic (exact) mass is 289 g/mol. The van der Waals surface area contributed by atoms with Crippen molar-refractivity contribution in [3.8, 4) is 17.8 Å². The standard InChI is InChI=1S/C14H19N5O2/c1-5-20-13-16-12(15-2)17-14(18-13)21-11-8-6-7-10(9-11)19(3)4/h6-9H,5H2,1-4H3,(H,15,16,17,18). The number of anilines is 2. The molecule has 1 heterocycles. The SMILES string of the molecule is CCOc1nc(NC)nc(Oc2cccc(N(C)C)c2)n1. The van der Waals surface area contributed by atoms with Gasteiger partial charge >= 0.3 is 12.0 Å². The zero-order chi connectivity index (χ0) is 15.2. The minimum absolute atomic E-state index is 0.189. The van der Waals surface area contributed by atoms with Crippen LogP contribution in [-0.4, -0.2) is 42.7 Å². The summed E-state index contributed by atoms with van der Waals surface area (Å²) in [6, 6.07) is 8.07. The summed E-state index contributed by atoms with van der Waals surface area (Å²) in [4.78, 5) is 14.4. The van der Waals surface area contributed by atoms with Crippen LogP contribution in [-0.2, 0) is 0 Å². The van der Waals surface area contributed by atoms with Gasteiger partial charge in [0.1, 0.15) is 5.75 Å². The van der Waals surface area contributed by atoms with E-state index >= 15 is 0 Å². The molecule has 112 valence electrons. The van der Waals surface area contributed by atoms with Crippen LogP contribution in [0.25, 0.3) is 0 Å². The lowest BCUT2D eigenvalue weighted by Gasteiger charge is -2.13. The van der Waals surface area contributed by atoms with Crippen molar-refractivity contribution < 1.29 is 9.47 Å². The summed E-state index contributed by atoms with van der Waals surface area (Å²) >= 11 is 0. The second-order valence-electron chi connectivity index (χ2n) is 4.40. The van der Waals surface area contributed by atoms with Gasteiger partial charge in [0.2, 0.25) is 5.95 Å². The highest BCUT2D eigenvalue weighted by Crippen LogP contribution is 2.24. The Morgan fingerprint density at radius 2 is 1.90 bits per heavy atom. The molecule has 1 aromatic carbocycles. The third kappa shape index (κ3) is 3.95. The Balaban J connectivity index is 2.25. The second kappa shape index (κ2) is 6.74. The van der Waals surface area contributed by atoms with Crippen LogP contribution in [0.5, 0.6) is 17.8 Å². The Hall–Kier alpha value is -2.57. The number of rotatable bonds is 6. The molecule has 0 aliphatic rings. The predicted octanol–water partition coefficient (Wildman–Crippen LogP) is 2.17. The van der Waals surface area contributed by atoms with E-state index in [1.165, 1.54) is 0 Å². The summed E-state index contributed by atoms with van der Waals surface area (Å²) in [6.07, 6.45) is 0. The Labute approximate surface area is 124 Å². The summed E-state index contributed by atoms with van der Waals surface area (Å²) in [6.45, 7) is 2.34. The maximum Gasteiger partial charge on any atom is 0.330 e. The molecule has 0 saturated heterocycles. The number of hydrogen-bond acceptors (Lipinski definition) is 7. The number of ether oxygens (including phenoxy) is 2. The van der Waals surface area contributed by atoms with Gasteiger partial charge in [-0.25, -0.2) is 0 Å². The van der Waals surface area contributed by atoms with Crippen molar-refractivity contribution in [2.45, 2.75) is 6.92 Å². The molecular weight excluding hydrogens is 270 g/mol. The van der Waals surface area contributed by atoms with Crippen LogP contribution in [0.4, 0.5) is 11.6 Å². The van der Waals surface area contributed by atoms with Gasteiger partial charge in [-0.2, -0.15) is 9.97 Å². The van der Waals surface area contributed by atoms with Crippen LogP contribution >= 0.6 is 0 Å². The minimum Gasteiger partial charge on any atom is -0.464 e. The molecule has 0 unspecified atom stereocenters. The molecule has 0 aliphatic carbocycles. The lowest BCUT2D eigenvalue weighted by atomic mass is 10.3. The highest BCUT2D eigenvalue weighted by Gasteiger charge is 2.09. The van der Waals surface area contributed by atoms with E-state index in [1.807, 2.05) is 50.2 Å². The molecule has 0 amide bonds. The average molecular weight is 289 g/mol. The van der Waals surface area contributed by atoms with Crippen molar-refractivity contribution in [2.24, 2.45) is 0 Å². The Kier molecular flexibility index (Phi) is 4.76. The first-order valence-corrected chi connectivity index (χ1v) is 6.64. The first kappa shape index (κ1) is 14.8. The van der Waals surface area contributed by atoms with E-state index < -0.39 is 0 Å². The maximum absolute atomic E-state index is 5.69. The Morgan fingerprint density at radius 1 is 1.14 bits per heavy atom. The number of nitrogens with one attached hydrogen (secondary N) is 1. The Morgan fingerprint density at radius 3 is 2.57 bits per heavy atom. The van der Waals surface area contributed by atoms with Gasteiger partial charge in [-0.1, -0.05) is 6.07 Å². The van der Waals surface area contributed by atoms with Crippen LogP contribution in [0.3, 0.4) is 0 Å². The molecule has 0 radical (unpaired) electrons. The fourth-order valence-electron chi connectivity index (χ4n) is 1.62. The topological polar surface area (TPSA) is 72.4 Å². The third-order valence-corrected chi connectivity index (χ3v) is 2.63. The van der Waals surface area contributed by atoms with Crippen molar-refractivity contribution in [1.82, 2.24) is 15.0 Å². The van der Waals surface area contributed by atoms with E-state index in [9.17, 15) is 0 Å².